The number of carboxylic acids is 1. The minimum Gasteiger partial charge on any atom is -0.478 e. The number of allylic oxidation sites excluding steroid dienone is 2. The van der Waals surface area contributed by atoms with Crippen LogP contribution in [0.15, 0.2) is 21.5 Å². The molecule has 21 heavy (non-hydrogen) atoms. The molecule has 1 aromatic rings. The first-order valence-electron chi connectivity index (χ1n) is 6.81. The van der Waals surface area contributed by atoms with Crippen molar-refractivity contribution in [3.63, 3.8) is 0 Å². The summed E-state index contributed by atoms with van der Waals surface area (Å²) in [6.45, 7) is 3.20. The van der Waals surface area contributed by atoms with Crippen molar-refractivity contribution < 1.29 is 22.7 Å². The van der Waals surface area contributed by atoms with Gasteiger partial charge in [0.2, 0.25) is 10.0 Å². The summed E-state index contributed by atoms with van der Waals surface area (Å²) in [6, 6.07) is 0. The number of carbonyl (C=O) groups is 1. The standard InChI is InChI=1S/C14H19NO5S/c1-9-12(14(16)17)13(10(2)20-9)21(18,19)15-8-11-6-4-3-5-7-11/h3-4,11,15H,5-8H2,1-2H3,(H,16,17). The van der Waals surface area contributed by atoms with Crippen LogP contribution in [0.5, 0.6) is 0 Å². The predicted octanol–water partition coefficient (Wildman–Crippen LogP) is 2.23. The van der Waals surface area contributed by atoms with E-state index in [9.17, 15) is 18.3 Å². The van der Waals surface area contributed by atoms with Gasteiger partial charge in [-0.05, 0) is 39.0 Å². The monoisotopic (exact) mass is 313 g/mol. The third kappa shape index (κ3) is 3.36. The van der Waals surface area contributed by atoms with E-state index in [0.29, 0.717) is 6.54 Å². The van der Waals surface area contributed by atoms with Crippen molar-refractivity contribution in [2.75, 3.05) is 6.54 Å². The molecule has 7 heteroatoms. The van der Waals surface area contributed by atoms with E-state index in [4.69, 9.17) is 4.42 Å². The zero-order valence-electron chi connectivity index (χ0n) is 12.0. The number of sulfonamides is 1. The molecule has 0 bridgehead atoms. The van der Waals surface area contributed by atoms with E-state index >= 15 is 0 Å². The Morgan fingerprint density at radius 1 is 1.38 bits per heavy atom. The van der Waals surface area contributed by atoms with Gasteiger partial charge in [0.15, 0.2) is 0 Å². The minimum absolute atomic E-state index is 0.0981. The fourth-order valence-corrected chi connectivity index (χ4v) is 4.09. The molecule has 0 saturated carbocycles. The Balaban J connectivity index is 2.23. The molecular weight excluding hydrogens is 294 g/mol. The van der Waals surface area contributed by atoms with Gasteiger partial charge in [-0.3, -0.25) is 0 Å². The molecule has 6 nitrogen and oxygen atoms in total. The molecule has 0 aromatic carbocycles. The maximum absolute atomic E-state index is 12.4. The molecule has 1 aromatic heterocycles. The van der Waals surface area contributed by atoms with Crippen LogP contribution in [0.2, 0.25) is 0 Å². The van der Waals surface area contributed by atoms with Crippen LogP contribution in [0.4, 0.5) is 0 Å². The maximum Gasteiger partial charge on any atom is 0.340 e. The smallest absolute Gasteiger partial charge is 0.340 e. The lowest BCUT2D eigenvalue weighted by Crippen LogP contribution is -2.31. The summed E-state index contributed by atoms with van der Waals surface area (Å²) in [5, 5.41) is 9.18. The summed E-state index contributed by atoms with van der Waals surface area (Å²) in [5.41, 5.74) is -0.288. The number of rotatable bonds is 5. The number of aromatic carboxylic acids is 1. The summed E-state index contributed by atoms with van der Waals surface area (Å²) in [6.07, 6.45) is 6.82. The third-order valence-electron chi connectivity index (χ3n) is 3.63. The van der Waals surface area contributed by atoms with Crippen LogP contribution in [0.3, 0.4) is 0 Å². The zero-order valence-corrected chi connectivity index (χ0v) is 12.9. The molecule has 0 saturated heterocycles. The Morgan fingerprint density at radius 2 is 2.10 bits per heavy atom. The van der Waals surface area contributed by atoms with E-state index in [-0.39, 0.29) is 27.9 Å². The van der Waals surface area contributed by atoms with Gasteiger partial charge in [-0.1, -0.05) is 12.2 Å². The highest BCUT2D eigenvalue weighted by atomic mass is 32.2. The summed E-state index contributed by atoms with van der Waals surface area (Å²) in [7, 11) is -3.89. The zero-order chi connectivity index (χ0) is 15.6. The van der Waals surface area contributed by atoms with Crippen molar-refractivity contribution >= 4 is 16.0 Å². The van der Waals surface area contributed by atoms with E-state index in [1.807, 2.05) is 6.08 Å². The number of hydrogen-bond acceptors (Lipinski definition) is 4. The van der Waals surface area contributed by atoms with Crippen molar-refractivity contribution in [2.24, 2.45) is 5.92 Å². The third-order valence-corrected chi connectivity index (χ3v) is 5.20. The highest BCUT2D eigenvalue weighted by Crippen LogP contribution is 2.27. The number of furan rings is 1. The second-order valence-corrected chi connectivity index (χ2v) is 6.93. The average Bonchev–Trinajstić information content (AvgIpc) is 2.73. The highest BCUT2D eigenvalue weighted by Gasteiger charge is 2.31. The Kier molecular flexibility index (Phi) is 4.53. The summed E-state index contributed by atoms with van der Waals surface area (Å²) in [5.74, 6) is -0.862. The number of nitrogens with one attached hydrogen (secondary N) is 1. The second-order valence-electron chi connectivity index (χ2n) is 5.23. The maximum atomic E-state index is 12.4. The largest absolute Gasteiger partial charge is 0.478 e. The Bertz CT molecular complexity index is 672. The normalized spacial score (nSPS) is 18.9. The number of aryl methyl sites for hydroxylation is 2. The van der Waals surface area contributed by atoms with Gasteiger partial charge in [0.05, 0.1) is 0 Å². The molecule has 0 radical (unpaired) electrons. The van der Waals surface area contributed by atoms with Crippen LogP contribution in [-0.4, -0.2) is 26.0 Å². The van der Waals surface area contributed by atoms with Gasteiger partial charge in [0.25, 0.3) is 0 Å². The lowest BCUT2D eigenvalue weighted by atomic mass is 9.95. The molecule has 1 unspecified atom stereocenters. The summed E-state index contributed by atoms with van der Waals surface area (Å²) in [4.78, 5) is 11.0. The fourth-order valence-electron chi connectivity index (χ4n) is 2.58. The fraction of sp³-hybridized carbons (Fsp3) is 0.500. The first-order chi connectivity index (χ1) is 9.83. The van der Waals surface area contributed by atoms with Gasteiger partial charge in [-0.15, -0.1) is 0 Å². The molecule has 0 aliphatic heterocycles. The lowest BCUT2D eigenvalue weighted by Gasteiger charge is -2.18. The van der Waals surface area contributed by atoms with Crippen molar-refractivity contribution in [3.8, 4) is 0 Å². The average molecular weight is 313 g/mol. The molecule has 0 spiro atoms. The molecule has 2 N–H and O–H groups in total. The van der Waals surface area contributed by atoms with Crippen molar-refractivity contribution in [2.45, 2.75) is 38.0 Å². The van der Waals surface area contributed by atoms with E-state index < -0.39 is 16.0 Å². The van der Waals surface area contributed by atoms with E-state index in [0.717, 1.165) is 19.3 Å². The molecule has 116 valence electrons. The molecule has 0 fully saturated rings. The summed E-state index contributed by atoms with van der Waals surface area (Å²) >= 11 is 0. The molecule has 1 atom stereocenters. The first kappa shape index (κ1) is 15.8. The van der Waals surface area contributed by atoms with Crippen LogP contribution in [0.25, 0.3) is 0 Å². The second kappa shape index (κ2) is 6.03. The molecule has 1 aliphatic rings. The molecular formula is C14H19NO5S. The van der Waals surface area contributed by atoms with Gasteiger partial charge < -0.3 is 9.52 Å². The molecule has 1 aliphatic carbocycles. The molecule has 2 rings (SSSR count). The SMILES string of the molecule is Cc1oc(C)c(S(=O)(=O)NCC2CC=CCC2)c1C(=O)O. The van der Waals surface area contributed by atoms with E-state index in [1.54, 1.807) is 0 Å². The van der Waals surface area contributed by atoms with Gasteiger partial charge in [0, 0.05) is 6.54 Å². The van der Waals surface area contributed by atoms with Gasteiger partial charge in [-0.2, -0.15) is 0 Å². The van der Waals surface area contributed by atoms with Gasteiger partial charge in [-0.25, -0.2) is 17.9 Å². The highest BCUT2D eigenvalue weighted by molar-refractivity contribution is 7.89. The lowest BCUT2D eigenvalue weighted by molar-refractivity contribution is 0.0691. The van der Waals surface area contributed by atoms with Crippen LogP contribution >= 0.6 is 0 Å². The Morgan fingerprint density at radius 3 is 2.67 bits per heavy atom. The Hall–Kier alpha value is -1.60. The van der Waals surface area contributed by atoms with Crippen LogP contribution in [-0.2, 0) is 10.0 Å². The molecule has 0 amide bonds. The minimum atomic E-state index is -3.89. The van der Waals surface area contributed by atoms with E-state index in [2.05, 4.69) is 10.8 Å². The first-order valence-corrected chi connectivity index (χ1v) is 8.29. The molecule has 1 heterocycles. The van der Waals surface area contributed by atoms with Crippen LogP contribution < -0.4 is 4.72 Å². The van der Waals surface area contributed by atoms with Crippen molar-refractivity contribution in [1.29, 1.82) is 0 Å². The van der Waals surface area contributed by atoms with E-state index in [1.165, 1.54) is 13.8 Å². The quantitative estimate of drug-likeness (QED) is 0.813. The van der Waals surface area contributed by atoms with Gasteiger partial charge >= 0.3 is 5.97 Å². The number of hydrogen-bond donors (Lipinski definition) is 2. The van der Waals surface area contributed by atoms with Crippen LogP contribution in [0.1, 0.15) is 41.1 Å². The Labute approximate surface area is 123 Å². The van der Waals surface area contributed by atoms with Crippen LogP contribution in [0, 0.1) is 19.8 Å². The van der Waals surface area contributed by atoms with Crippen molar-refractivity contribution in [3.05, 3.63) is 29.2 Å². The number of carboxylic acid groups (broad SMARTS) is 1. The van der Waals surface area contributed by atoms with Crippen molar-refractivity contribution in [1.82, 2.24) is 4.72 Å². The summed E-state index contributed by atoms with van der Waals surface area (Å²) < 4.78 is 32.4. The predicted molar refractivity (Wildman–Crippen MR) is 76.8 cm³/mol. The topological polar surface area (TPSA) is 96.6 Å². The van der Waals surface area contributed by atoms with Gasteiger partial charge in [0.1, 0.15) is 22.0 Å².